The van der Waals surface area contributed by atoms with Crippen molar-refractivity contribution in [3.8, 4) is 11.1 Å². The molecule has 0 fully saturated rings. The predicted molar refractivity (Wildman–Crippen MR) is 128 cm³/mol. The minimum absolute atomic E-state index is 0.0115. The lowest BCUT2D eigenvalue weighted by Gasteiger charge is -2.22. The highest BCUT2D eigenvalue weighted by molar-refractivity contribution is 5.86. The number of hydrogen-bond acceptors (Lipinski definition) is 6. The first-order valence-corrected chi connectivity index (χ1v) is 11.2. The van der Waals surface area contributed by atoms with E-state index in [0.29, 0.717) is 5.76 Å². The molecule has 1 aromatic heterocycles. The van der Waals surface area contributed by atoms with E-state index in [1.165, 1.54) is 12.1 Å². The Morgan fingerprint density at radius 1 is 1.00 bits per heavy atom. The normalized spacial score (nSPS) is 13.1. The van der Waals surface area contributed by atoms with Crippen molar-refractivity contribution < 1.29 is 28.6 Å². The van der Waals surface area contributed by atoms with Gasteiger partial charge < -0.3 is 29.8 Å². The minimum atomic E-state index is -1.19. The molecule has 0 spiro atoms. The third kappa shape index (κ3) is 5.52. The number of nitrogens with one attached hydrogen (secondary N) is 2. The average molecular weight is 478 g/mol. The molecule has 3 N–H and O–H groups in total. The molecule has 1 heterocycles. The Morgan fingerprint density at radius 2 is 1.63 bits per heavy atom. The summed E-state index contributed by atoms with van der Waals surface area (Å²) in [5.41, 5.74) is 4.46. The smallest absolute Gasteiger partial charge is 0.407 e. The van der Waals surface area contributed by atoms with Gasteiger partial charge in [-0.1, -0.05) is 48.5 Å². The van der Waals surface area contributed by atoms with Gasteiger partial charge in [-0.15, -0.1) is 0 Å². The van der Waals surface area contributed by atoms with Crippen LogP contribution in [0.4, 0.5) is 4.79 Å². The monoisotopic (exact) mass is 477 g/mol. The zero-order chi connectivity index (χ0) is 24.9. The van der Waals surface area contributed by atoms with Crippen molar-refractivity contribution >= 4 is 18.0 Å². The number of hydrogen-bond donors (Lipinski definition) is 3. The average Bonchev–Trinajstić information content (AvgIpc) is 3.44. The van der Waals surface area contributed by atoms with Crippen LogP contribution < -0.4 is 10.6 Å². The van der Waals surface area contributed by atoms with E-state index in [0.717, 1.165) is 22.3 Å². The number of amides is 2. The maximum absolute atomic E-state index is 12.7. The summed E-state index contributed by atoms with van der Waals surface area (Å²) in [5.74, 6) is -1.64. The number of rotatable bonds is 9. The summed E-state index contributed by atoms with van der Waals surface area (Å²) in [4.78, 5) is 38.1. The van der Waals surface area contributed by atoms with Crippen LogP contribution in [0.25, 0.3) is 11.1 Å². The first kappa shape index (κ1) is 24.0. The van der Waals surface area contributed by atoms with Gasteiger partial charge in [0.25, 0.3) is 0 Å². The summed E-state index contributed by atoms with van der Waals surface area (Å²) >= 11 is 0. The topological polar surface area (TPSA) is 121 Å². The Hall–Kier alpha value is -4.11. The Bertz CT molecular complexity index is 1190. The molecule has 2 aromatic carbocycles. The molecule has 1 aliphatic rings. The molecule has 0 saturated heterocycles. The van der Waals surface area contributed by atoms with Gasteiger partial charge in [-0.25, -0.2) is 9.59 Å². The van der Waals surface area contributed by atoms with Crippen LogP contribution in [0.15, 0.2) is 65.1 Å². The highest BCUT2D eigenvalue weighted by Gasteiger charge is 2.30. The van der Waals surface area contributed by atoms with Crippen molar-refractivity contribution in [2.45, 2.75) is 18.5 Å². The lowest BCUT2D eigenvalue weighted by molar-refractivity contribution is -0.123. The molecule has 35 heavy (non-hydrogen) atoms. The van der Waals surface area contributed by atoms with Crippen LogP contribution in [0.1, 0.15) is 33.4 Å². The van der Waals surface area contributed by atoms with Crippen LogP contribution in [-0.2, 0) is 16.1 Å². The number of ether oxygens (including phenoxy) is 1. The largest absolute Gasteiger partial charge is 0.475 e. The Morgan fingerprint density at radius 3 is 2.20 bits per heavy atom. The third-order valence-corrected chi connectivity index (χ3v) is 5.81. The van der Waals surface area contributed by atoms with Crippen LogP contribution in [0.3, 0.4) is 0 Å². The molecule has 3 aromatic rings. The number of carbonyl (C=O) groups is 3. The molecular formula is C26H27N3O6. The number of nitrogens with zero attached hydrogens (tertiary/aromatic N) is 1. The molecule has 0 unspecified atom stereocenters. The number of carbonyl (C=O) groups excluding carboxylic acids is 2. The van der Waals surface area contributed by atoms with Gasteiger partial charge in [0.1, 0.15) is 18.4 Å². The number of carboxylic acids is 1. The van der Waals surface area contributed by atoms with E-state index in [1.54, 1.807) is 19.0 Å². The summed E-state index contributed by atoms with van der Waals surface area (Å²) in [6.07, 6.45) is -0.694. The summed E-state index contributed by atoms with van der Waals surface area (Å²) in [5, 5.41) is 14.3. The first-order chi connectivity index (χ1) is 16.8. The van der Waals surface area contributed by atoms with Gasteiger partial charge in [0.05, 0.1) is 6.54 Å². The van der Waals surface area contributed by atoms with Crippen LogP contribution in [-0.4, -0.2) is 61.3 Å². The molecule has 0 bridgehead atoms. The zero-order valence-electron chi connectivity index (χ0n) is 19.5. The Kier molecular flexibility index (Phi) is 7.17. The van der Waals surface area contributed by atoms with E-state index in [9.17, 15) is 14.4 Å². The third-order valence-electron chi connectivity index (χ3n) is 5.81. The number of benzene rings is 2. The van der Waals surface area contributed by atoms with Crippen LogP contribution in [0.5, 0.6) is 0 Å². The van der Waals surface area contributed by atoms with Crippen LogP contribution in [0.2, 0.25) is 0 Å². The predicted octanol–water partition coefficient (Wildman–Crippen LogP) is 3.06. The Balaban J connectivity index is 1.37. The van der Waals surface area contributed by atoms with E-state index in [-0.39, 0.29) is 31.4 Å². The van der Waals surface area contributed by atoms with Crippen molar-refractivity contribution in [1.82, 2.24) is 15.5 Å². The molecule has 9 heteroatoms. The number of aromatic carboxylic acids is 1. The fourth-order valence-electron chi connectivity index (χ4n) is 4.23. The maximum atomic E-state index is 12.7. The molecule has 182 valence electrons. The second kappa shape index (κ2) is 10.4. The fourth-order valence-corrected chi connectivity index (χ4v) is 4.23. The maximum Gasteiger partial charge on any atom is 0.407 e. The van der Waals surface area contributed by atoms with E-state index in [1.807, 2.05) is 36.4 Å². The molecular weight excluding hydrogens is 450 g/mol. The summed E-state index contributed by atoms with van der Waals surface area (Å²) in [7, 11) is 3.57. The number of likely N-dealkylation sites (N-methyl/N-ethyl adjacent to an activating group) is 1. The number of alkyl carbamates (subject to hydrolysis) is 1. The molecule has 0 aliphatic heterocycles. The van der Waals surface area contributed by atoms with Crippen molar-refractivity contribution in [3.63, 3.8) is 0 Å². The number of fused-ring (bicyclic) bond motifs is 3. The van der Waals surface area contributed by atoms with E-state index >= 15 is 0 Å². The standard InChI is InChI=1S/C26H27N3O6/c1-29(2)14-22(24(30)27-13-16-11-12-23(35-16)25(31)32)28-26(33)34-15-21-19-9-5-3-7-17(19)18-8-4-6-10-20(18)21/h3-12,21-22H,13-15H2,1-2H3,(H,27,30)(H,28,33)(H,31,32)/t22-/m0/s1. The molecule has 0 saturated carbocycles. The van der Waals surface area contributed by atoms with Crippen molar-refractivity contribution in [2.24, 2.45) is 0 Å². The lowest BCUT2D eigenvalue weighted by atomic mass is 9.98. The van der Waals surface area contributed by atoms with Crippen molar-refractivity contribution in [1.29, 1.82) is 0 Å². The summed E-state index contributed by atoms with van der Waals surface area (Å²) in [6.45, 7) is 0.373. The lowest BCUT2D eigenvalue weighted by Crippen LogP contribution is -2.51. The Labute approximate surface area is 202 Å². The SMILES string of the molecule is CN(C)C[C@H](NC(=O)OCC1c2ccccc2-c2ccccc21)C(=O)NCc1ccc(C(=O)O)o1. The van der Waals surface area contributed by atoms with E-state index in [4.69, 9.17) is 14.3 Å². The highest BCUT2D eigenvalue weighted by atomic mass is 16.5. The quantitative estimate of drug-likeness (QED) is 0.433. The summed E-state index contributed by atoms with van der Waals surface area (Å²) < 4.78 is 10.7. The van der Waals surface area contributed by atoms with Gasteiger partial charge in [-0.2, -0.15) is 0 Å². The van der Waals surface area contributed by atoms with E-state index in [2.05, 4.69) is 22.8 Å². The van der Waals surface area contributed by atoms with Crippen molar-refractivity contribution in [2.75, 3.05) is 27.2 Å². The molecule has 2 amide bonds. The van der Waals surface area contributed by atoms with Crippen LogP contribution in [0, 0.1) is 0 Å². The molecule has 9 nitrogen and oxygen atoms in total. The fraction of sp³-hybridized carbons (Fsp3) is 0.269. The minimum Gasteiger partial charge on any atom is -0.475 e. The van der Waals surface area contributed by atoms with Crippen molar-refractivity contribution in [3.05, 3.63) is 83.3 Å². The summed E-state index contributed by atoms with van der Waals surface area (Å²) in [6, 6.07) is 18.0. The van der Waals surface area contributed by atoms with Gasteiger partial charge in [0.2, 0.25) is 11.7 Å². The van der Waals surface area contributed by atoms with Crippen LogP contribution >= 0.6 is 0 Å². The molecule has 4 rings (SSSR count). The van der Waals surface area contributed by atoms with Gasteiger partial charge >= 0.3 is 12.1 Å². The van der Waals surface area contributed by atoms with E-state index < -0.39 is 24.0 Å². The van der Waals surface area contributed by atoms with Gasteiger partial charge in [-0.05, 0) is 48.5 Å². The zero-order valence-corrected chi connectivity index (χ0v) is 19.5. The van der Waals surface area contributed by atoms with Gasteiger partial charge in [0, 0.05) is 12.5 Å². The van der Waals surface area contributed by atoms with Gasteiger partial charge in [-0.3, -0.25) is 4.79 Å². The number of furan rings is 1. The molecule has 1 atom stereocenters. The first-order valence-electron chi connectivity index (χ1n) is 11.2. The number of carboxylic acid groups (broad SMARTS) is 1. The molecule has 1 aliphatic carbocycles. The second-order valence-electron chi connectivity index (χ2n) is 8.57. The van der Waals surface area contributed by atoms with Gasteiger partial charge in [0.15, 0.2) is 0 Å². The second-order valence-corrected chi connectivity index (χ2v) is 8.57. The highest BCUT2D eigenvalue weighted by Crippen LogP contribution is 2.44. The molecule has 0 radical (unpaired) electrons.